The summed E-state index contributed by atoms with van der Waals surface area (Å²) in [5.41, 5.74) is 14.2. The lowest BCUT2D eigenvalue weighted by Gasteiger charge is -2.12. The zero-order chi connectivity index (χ0) is 39.6. The van der Waals surface area contributed by atoms with E-state index < -0.39 is 0 Å². The van der Waals surface area contributed by atoms with E-state index in [4.69, 9.17) is 9.97 Å². The van der Waals surface area contributed by atoms with Crippen LogP contribution in [0.25, 0.3) is 111 Å². The van der Waals surface area contributed by atoms with Gasteiger partial charge < -0.3 is 9.13 Å². The number of hydrogen-bond donors (Lipinski definition) is 0. The third-order valence-electron chi connectivity index (χ3n) is 11.9. The first kappa shape index (κ1) is 34.0. The smallest absolute Gasteiger partial charge is 0.160 e. The number of fused-ring (bicyclic) bond motifs is 8. The lowest BCUT2D eigenvalue weighted by Crippen LogP contribution is -1.96. The van der Waals surface area contributed by atoms with Crippen LogP contribution in [0, 0.1) is 0 Å². The molecule has 60 heavy (non-hydrogen) atoms. The highest BCUT2D eigenvalue weighted by atomic mass is 15.0. The summed E-state index contributed by atoms with van der Waals surface area (Å²) < 4.78 is 4.82. The number of nitrogens with zero attached hydrogens (tertiary/aromatic N) is 4. The summed E-state index contributed by atoms with van der Waals surface area (Å²) in [5.74, 6) is 0.699. The van der Waals surface area contributed by atoms with E-state index in [2.05, 4.69) is 221 Å². The van der Waals surface area contributed by atoms with E-state index in [1.807, 2.05) is 6.07 Å². The van der Waals surface area contributed by atoms with Crippen molar-refractivity contribution in [3.05, 3.63) is 218 Å². The van der Waals surface area contributed by atoms with Gasteiger partial charge in [-0.2, -0.15) is 0 Å². The molecule has 0 spiro atoms. The highest BCUT2D eigenvalue weighted by molar-refractivity contribution is 6.28. The molecule has 0 radical (unpaired) electrons. The quantitative estimate of drug-likeness (QED) is 0.169. The molecule has 0 amide bonds. The van der Waals surface area contributed by atoms with Crippen molar-refractivity contribution >= 4 is 54.4 Å². The SMILES string of the molecule is c1ccc(-c2cc(-c3ccc4ccccc4c3)nc(-c3ccc(-c4cccc(-n5c6ccccc6c6c7c8ccccc8n(-c8ccccc8)c7ccc65)c4)cc3)n2)cc1. The van der Waals surface area contributed by atoms with Crippen LogP contribution < -0.4 is 0 Å². The van der Waals surface area contributed by atoms with Crippen molar-refractivity contribution in [2.75, 3.05) is 0 Å². The van der Waals surface area contributed by atoms with Gasteiger partial charge in [0.1, 0.15) is 0 Å². The highest BCUT2D eigenvalue weighted by Crippen LogP contribution is 2.42. The van der Waals surface area contributed by atoms with E-state index in [1.165, 1.54) is 54.4 Å². The topological polar surface area (TPSA) is 35.6 Å². The van der Waals surface area contributed by atoms with Crippen LogP contribution in [0.4, 0.5) is 0 Å². The fourth-order valence-electron chi connectivity index (χ4n) is 9.12. The van der Waals surface area contributed by atoms with Gasteiger partial charge in [-0.25, -0.2) is 9.97 Å². The van der Waals surface area contributed by atoms with Crippen LogP contribution in [-0.2, 0) is 0 Å². The Kier molecular flexibility index (Phi) is 7.82. The monoisotopic (exact) mass is 764 g/mol. The van der Waals surface area contributed by atoms with Gasteiger partial charge in [0.05, 0.1) is 33.5 Å². The zero-order valence-electron chi connectivity index (χ0n) is 32.6. The Morgan fingerprint density at radius 2 is 0.800 bits per heavy atom. The van der Waals surface area contributed by atoms with Crippen LogP contribution in [0.3, 0.4) is 0 Å². The van der Waals surface area contributed by atoms with Crippen molar-refractivity contribution in [2.24, 2.45) is 0 Å². The summed E-state index contributed by atoms with van der Waals surface area (Å²) in [6.45, 7) is 0. The second-order valence-corrected chi connectivity index (χ2v) is 15.4. The summed E-state index contributed by atoms with van der Waals surface area (Å²) in [5, 5.41) is 7.43. The van der Waals surface area contributed by atoms with Crippen molar-refractivity contribution in [3.8, 4) is 56.4 Å². The van der Waals surface area contributed by atoms with Crippen LogP contribution in [0.15, 0.2) is 218 Å². The molecule has 0 saturated heterocycles. The van der Waals surface area contributed by atoms with E-state index in [-0.39, 0.29) is 0 Å². The molecule has 12 aromatic rings. The standard InChI is InChI=1S/C56H36N4/c1-3-15-39(16-4-1)48-36-49(43-31-28-37-14-7-8-17-41(37)34-43)58-56(57-48)40-29-26-38(27-30-40)42-18-13-21-45(35-42)60-51-25-12-10-23-47(51)55-53(60)33-32-52-54(55)46-22-9-11-24-50(46)59(52)44-19-5-2-6-20-44/h1-36H. The first-order chi connectivity index (χ1) is 29.7. The molecule has 0 unspecified atom stereocenters. The van der Waals surface area contributed by atoms with Gasteiger partial charge in [-0.1, -0.05) is 158 Å². The summed E-state index contributed by atoms with van der Waals surface area (Å²) >= 11 is 0. The minimum Gasteiger partial charge on any atom is -0.309 e. The Morgan fingerprint density at radius 1 is 0.283 bits per heavy atom. The molecular weight excluding hydrogens is 729 g/mol. The Labute approximate surface area is 346 Å². The molecule has 4 nitrogen and oxygen atoms in total. The Hall–Kier alpha value is -8.08. The van der Waals surface area contributed by atoms with E-state index in [9.17, 15) is 0 Å². The first-order valence-corrected chi connectivity index (χ1v) is 20.4. The summed E-state index contributed by atoms with van der Waals surface area (Å²) in [4.78, 5) is 10.3. The lowest BCUT2D eigenvalue weighted by molar-refractivity contribution is 1.17. The average Bonchev–Trinajstić information content (AvgIpc) is 3.85. The van der Waals surface area contributed by atoms with Crippen molar-refractivity contribution in [1.29, 1.82) is 0 Å². The molecule has 0 saturated carbocycles. The molecule has 9 aromatic carbocycles. The molecular formula is C56H36N4. The van der Waals surface area contributed by atoms with Crippen molar-refractivity contribution in [3.63, 3.8) is 0 Å². The van der Waals surface area contributed by atoms with Crippen molar-refractivity contribution in [1.82, 2.24) is 19.1 Å². The fraction of sp³-hybridized carbons (Fsp3) is 0. The molecule has 0 aliphatic rings. The van der Waals surface area contributed by atoms with Crippen LogP contribution in [-0.4, -0.2) is 19.1 Å². The molecule has 280 valence electrons. The number of benzene rings is 9. The number of aromatic nitrogens is 4. The molecule has 0 N–H and O–H groups in total. The van der Waals surface area contributed by atoms with Crippen molar-refractivity contribution < 1.29 is 0 Å². The van der Waals surface area contributed by atoms with Crippen LogP contribution in [0.1, 0.15) is 0 Å². The highest BCUT2D eigenvalue weighted by Gasteiger charge is 2.20. The number of rotatable bonds is 6. The first-order valence-electron chi connectivity index (χ1n) is 20.4. The lowest BCUT2D eigenvalue weighted by atomic mass is 10.0. The molecule has 0 atom stereocenters. The molecule has 0 aliphatic carbocycles. The molecule has 0 bridgehead atoms. The maximum absolute atomic E-state index is 5.16. The van der Waals surface area contributed by atoms with Gasteiger partial charge in [-0.3, -0.25) is 0 Å². The summed E-state index contributed by atoms with van der Waals surface area (Å²) in [6, 6.07) is 77.9. The molecule has 0 aliphatic heterocycles. The maximum atomic E-state index is 5.16. The van der Waals surface area contributed by atoms with Gasteiger partial charge in [0, 0.05) is 49.6 Å². The number of para-hydroxylation sites is 3. The van der Waals surface area contributed by atoms with E-state index in [0.29, 0.717) is 5.82 Å². The van der Waals surface area contributed by atoms with Crippen LogP contribution in [0.5, 0.6) is 0 Å². The van der Waals surface area contributed by atoms with E-state index >= 15 is 0 Å². The predicted octanol–water partition coefficient (Wildman–Crippen LogP) is 14.5. The average molecular weight is 765 g/mol. The molecule has 4 heteroatoms. The van der Waals surface area contributed by atoms with Gasteiger partial charge in [0.25, 0.3) is 0 Å². The third-order valence-corrected chi connectivity index (χ3v) is 11.9. The van der Waals surface area contributed by atoms with Gasteiger partial charge >= 0.3 is 0 Å². The summed E-state index contributed by atoms with van der Waals surface area (Å²) in [6.07, 6.45) is 0. The molecule has 0 fully saturated rings. The Bertz CT molecular complexity index is 3580. The third kappa shape index (κ3) is 5.53. The minimum atomic E-state index is 0.699. The second kappa shape index (κ2) is 13.8. The number of hydrogen-bond acceptors (Lipinski definition) is 2. The predicted molar refractivity (Wildman–Crippen MR) is 250 cm³/mol. The molecule has 12 rings (SSSR count). The van der Waals surface area contributed by atoms with Crippen molar-refractivity contribution in [2.45, 2.75) is 0 Å². The van der Waals surface area contributed by atoms with E-state index in [1.54, 1.807) is 0 Å². The fourth-order valence-corrected chi connectivity index (χ4v) is 9.12. The maximum Gasteiger partial charge on any atom is 0.160 e. The van der Waals surface area contributed by atoms with Crippen LogP contribution >= 0.6 is 0 Å². The second-order valence-electron chi connectivity index (χ2n) is 15.4. The van der Waals surface area contributed by atoms with Crippen LogP contribution in [0.2, 0.25) is 0 Å². The van der Waals surface area contributed by atoms with Gasteiger partial charge in [0.15, 0.2) is 5.82 Å². The molecule has 3 heterocycles. The largest absolute Gasteiger partial charge is 0.309 e. The molecule has 3 aromatic heterocycles. The summed E-state index contributed by atoms with van der Waals surface area (Å²) in [7, 11) is 0. The Morgan fingerprint density at radius 3 is 1.50 bits per heavy atom. The zero-order valence-corrected chi connectivity index (χ0v) is 32.6. The van der Waals surface area contributed by atoms with Gasteiger partial charge in [0.2, 0.25) is 0 Å². The van der Waals surface area contributed by atoms with Gasteiger partial charge in [-0.15, -0.1) is 0 Å². The van der Waals surface area contributed by atoms with E-state index in [0.717, 1.165) is 50.6 Å². The Balaban J connectivity index is 0.967. The van der Waals surface area contributed by atoms with Gasteiger partial charge in [-0.05, 0) is 82.6 Å². The normalized spacial score (nSPS) is 11.7. The minimum absolute atomic E-state index is 0.699.